The first-order valence-corrected chi connectivity index (χ1v) is 9.65. The van der Waals surface area contributed by atoms with E-state index in [4.69, 9.17) is 0 Å². The molecule has 2 saturated heterocycles. The van der Waals surface area contributed by atoms with Gasteiger partial charge >= 0.3 is 0 Å². The lowest BCUT2D eigenvalue weighted by Crippen LogP contribution is -2.50. The molecule has 1 atom stereocenters. The van der Waals surface area contributed by atoms with Crippen LogP contribution in [0.1, 0.15) is 23.9 Å². The molecule has 0 unspecified atom stereocenters. The second-order valence-electron chi connectivity index (χ2n) is 7.47. The molecule has 0 radical (unpaired) electrons. The molecule has 0 saturated carbocycles. The quantitative estimate of drug-likeness (QED) is 0.797. The Labute approximate surface area is 159 Å². The number of hydrogen-bond acceptors (Lipinski definition) is 6. The third-order valence-electron chi connectivity index (χ3n) is 5.47. The van der Waals surface area contributed by atoms with Gasteiger partial charge in [-0.3, -0.25) is 14.4 Å². The molecule has 0 aromatic carbocycles. The van der Waals surface area contributed by atoms with Gasteiger partial charge in [-0.15, -0.1) is 0 Å². The first-order valence-electron chi connectivity index (χ1n) is 9.65. The lowest BCUT2D eigenvalue weighted by molar-refractivity contribution is -0.131. The predicted octanol–water partition coefficient (Wildman–Crippen LogP) is 0.886. The molecular weight excluding hydrogens is 342 g/mol. The van der Waals surface area contributed by atoms with Gasteiger partial charge in [0.15, 0.2) is 0 Å². The summed E-state index contributed by atoms with van der Waals surface area (Å²) in [6.45, 7) is 9.60. The summed E-state index contributed by atoms with van der Waals surface area (Å²) in [7, 11) is 0. The van der Waals surface area contributed by atoms with E-state index in [9.17, 15) is 4.79 Å². The summed E-state index contributed by atoms with van der Waals surface area (Å²) in [5.74, 6) is 0.999. The van der Waals surface area contributed by atoms with Crippen molar-refractivity contribution in [2.75, 3.05) is 50.7 Å². The highest BCUT2D eigenvalue weighted by atomic mass is 16.2. The second kappa shape index (κ2) is 7.64. The molecule has 0 bridgehead atoms. The zero-order valence-electron chi connectivity index (χ0n) is 16.1. The van der Waals surface area contributed by atoms with Gasteiger partial charge in [0, 0.05) is 57.4 Å². The van der Waals surface area contributed by atoms with Crippen molar-refractivity contribution >= 4 is 11.9 Å². The Morgan fingerprint density at radius 2 is 1.85 bits per heavy atom. The van der Waals surface area contributed by atoms with Crippen molar-refractivity contribution in [1.82, 2.24) is 29.5 Å². The van der Waals surface area contributed by atoms with Gasteiger partial charge in [-0.2, -0.15) is 5.10 Å². The number of aromatic nitrogens is 4. The zero-order chi connectivity index (χ0) is 18.8. The van der Waals surface area contributed by atoms with Crippen molar-refractivity contribution in [3.05, 3.63) is 35.9 Å². The monoisotopic (exact) mass is 369 g/mol. The summed E-state index contributed by atoms with van der Waals surface area (Å²) < 4.78 is 2.08. The van der Waals surface area contributed by atoms with E-state index in [-0.39, 0.29) is 5.91 Å². The number of amides is 1. The highest BCUT2D eigenvalue weighted by Gasteiger charge is 2.30. The maximum atomic E-state index is 12.7. The second-order valence-corrected chi connectivity index (χ2v) is 7.47. The Morgan fingerprint density at radius 3 is 2.52 bits per heavy atom. The third-order valence-corrected chi connectivity index (χ3v) is 5.47. The van der Waals surface area contributed by atoms with Crippen molar-refractivity contribution in [3.63, 3.8) is 0 Å². The van der Waals surface area contributed by atoms with Gasteiger partial charge < -0.3 is 9.80 Å². The number of likely N-dealkylation sites (tertiary alicyclic amines) is 1. The standard InChI is InChI=1S/C19H27N7O/c1-15-12-16(2)26(22-15)17-4-7-25(13-17)18(27)14-23-8-10-24(11-9-23)19-20-5-3-6-21-19/h3,5-6,12,17H,4,7-11,13-14H2,1-2H3/t17-/m1/s1. The number of hydrogen-bond donors (Lipinski definition) is 0. The molecule has 2 aromatic heterocycles. The number of carbonyl (C=O) groups excluding carboxylic acids is 1. The van der Waals surface area contributed by atoms with E-state index in [1.54, 1.807) is 12.4 Å². The molecule has 8 nitrogen and oxygen atoms in total. The number of piperazine rings is 1. The van der Waals surface area contributed by atoms with Crippen molar-refractivity contribution in [2.45, 2.75) is 26.3 Å². The van der Waals surface area contributed by atoms with E-state index in [2.05, 4.69) is 42.5 Å². The van der Waals surface area contributed by atoms with Crippen LogP contribution in [0.3, 0.4) is 0 Å². The summed E-state index contributed by atoms with van der Waals surface area (Å²) >= 11 is 0. The van der Waals surface area contributed by atoms with Gasteiger partial charge in [0.05, 0.1) is 18.3 Å². The molecule has 2 aliphatic rings. The average molecular weight is 369 g/mol. The Hall–Kier alpha value is -2.48. The van der Waals surface area contributed by atoms with Crippen LogP contribution in [-0.4, -0.2) is 81.3 Å². The van der Waals surface area contributed by atoms with E-state index >= 15 is 0 Å². The summed E-state index contributed by atoms with van der Waals surface area (Å²) in [5.41, 5.74) is 2.21. The molecule has 27 heavy (non-hydrogen) atoms. The molecule has 1 amide bonds. The topological polar surface area (TPSA) is 70.4 Å². The molecular formula is C19H27N7O. The molecule has 0 aliphatic carbocycles. The normalized spacial score (nSPS) is 21.0. The summed E-state index contributed by atoms with van der Waals surface area (Å²) in [6, 6.07) is 4.23. The van der Waals surface area contributed by atoms with Crippen LogP contribution in [0.15, 0.2) is 24.5 Å². The number of nitrogens with zero attached hydrogens (tertiary/aromatic N) is 7. The van der Waals surface area contributed by atoms with Gasteiger partial charge in [0.2, 0.25) is 11.9 Å². The van der Waals surface area contributed by atoms with Crippen molar-refractivity contribution in [2.24, 2.45) is 0 Å². The minimum atomic E-state index is 0.225. The first kappa shape index (κ1) is 17.9. The Kier molecular flexibility index (Phi) is 5.07. The van der Waals surface area contributed by atoms with Crippen LogP contribution in [0.25, 0.3) is 0 Å². The maximum absolute atomic E-state index is 12.7. The van der Waals surface area contributed by atoms with Crippen LogP contribution in [0.5, 0.6) is 0 Å². The fourth-order valence-electron chi connectivity index (χ4n) is 4.04. The smallest absolute Gasteiger partial charge is 0.236 e. The fraction of sp³-hybridized carbons (Fsp3) is 0.579. The van der Waals surface area contributed by atoms with Gasteiger partial charge in [-0.05, 0) is 32.4 Å². The van der Waals surface area contributed by atoms with Crippen LogP contribution >= 0.6 is 0 Å². The molecule has 2 fully saturated rings. The van der Waals surface area contributed by atoms with Crippen molar-refractivity contribution in [1.29, 1.82) is 0 Å². The van der Waals surface area contributed by atoms with E-state index in [1.165, 1.54) is 5.69 Å². The average Bonchev–Trinajstić information content (AvgIpc) is 3.29. The Bertz CT molecular complexity index is 783. The zero-order valence-corrected chi connectivity index (χ0v) is 16.1. The van der Waals surface area contributed by atoms with E-state index < -0.39 is 0 Å². The van der Waals surface area contributed by atoms with Gasteiger partial charge in [-0.1, -0.05) is 0 Å². The van der Waals surface area contributed by atoms with Crippen LogP contribution < -0.4 is 4.90 Å². The van der Waals surface area contributed by atoms with E-state index in [0.717, 1.165) is 57.3 Å². The molecule has 0 N–H and O–H groups in total. The van der Waals surface area contributed by atoms with E-state index in [1.807, 2.05) is 17.9 Å². The fourth-order valence-corrected chi connectivity index (χ4v) is 4.04. The molecule has 2 aromatic rings. The van der Waals surface area contributed by atoms with Crippen LogP contribution in [-0.2, 0) is 4.79 Å². The van der Waals surface area contributed by atoms with Crippen LogP contribution in [0.2, 0.25) is 0 Å². The minimum Gasteiger partial charge on any atom is -0.339 e. The Morgan fingerprint density at radius 1 is 1.11 bits per heavy atom. The molecule has 2 aliphatic heterocycles. The maximum Gasteiger partial charge on any atom is 0.236 e. The van der Waals surface area contributed by atoms with Crippen molar-refractivity contribution in [3.8, 4) is 0 Å². The van der Waals surface area contributed by atoms with Gasteiger partial charge in [0.1, 0.15) is 0 Å². The van der Waals surface area contributed by atoms with Crippen LogP contribution in [0.4, 0.5) is 5.95 Å². The third kappa shape index (κ3) is 3.95. The SMILES string of the molecule is Cc1cc(C)n([C@@H]2CCN(C(=O)CN3CCN(c4ncccn4)CC3)C2)n1. The molecule has 4 rings (SSSR count). The largest absolute Gasteiger partial charge is 0.339 e. The molecule has 8 heteroatoms. The molecule has 0 spiro atoms. The van der Waals surface area contributed by atoms with Crippen LogP contribution in [0, 0.1) is 13.8 Å². The molecule has 144 valence electrons. The summed E-state index contributed by atoms with van der Waals surface area (Å²) in [6.07, 6.45) is 4.52. The number of carbonyl (C=O) groups is 1. The summed E-state index contributed by atoms with van der Waals surface area (Å²) in [5, 5.41) is 4.59. The first-order chi connectivity index (χ1) is 13.1. The lowest BCUT2D eigenvalue weighted by Gasteiger charge is -2.34. The number of rotatable bonds is 4. The minimum absolute atomic E-state index is 0.225. The van der Waals surface area contributed by atoms with Gasteiger partial charge in [0.25, 0.3) is 0 Å². The number of anilines is 1. The highest BCUT2D eigenvalue weighted by molar-refractivity contribution is 5.78. The number of aryl methyl sites for hydroxylation is 2. The predicted molar refractivity (Wildman–Crippen MR) is 103 cm³/mol. The molecule has 4 heterocycles. The Balaban J connectivity index is 1.27. The highest BCUT2D eigenvalue weighted by Crippen LogP contribution is 2.23. The van der Waals surface area contributed by atoms with Gasteiger partial charge in [-0.25, -0.2) is 9.97 Å². The lowest BCUT2D eigenvalue weighted by atomic mass is 10.2. The van der Waals surface area contributed by atoms with E-state index in [0.29, 0.717) is 12.6 Å². The van der Waals surface area contributed by atoms with Crippen molar-refractivity contribution < 1.29 is 4.79 Å². The summed E-state index contributed by atoms with van der Waals surface area (Å²) in [4.78, 5) is 27.8.